The summed E-state index contributed by atoms with van der Waals surface area (Å²) in [4.78, 5) is 2.40. The predicted octanol–water partition coefficient (Wildman–Crippen LogP) is 14.5. The number of hydrogen-bond acceptors (Lipinski definition) is 1. The van der Waals surface area contributed by atoms with Crippen molar-refractivity contribution in [2.75, 3.05) is 4.90 Å². The first-order valence-corrected chi connectivity index (χ1v) is 19.3. The lowest BCUT2D eigenvalue weighted by atomic mass is 9.67. The van der Waals surface area contributed by atoms with E-state index in [9.17, 15) is 0 Å². The number of anilines is 3. The molecule has 0 saturated carbocycles. The van der Waals surface area contributed by atoms with Gasteiger partial charge >= 0.3 is 0 Å². The SMILES string of the molecule is c1ccc(-c2ccc(N(c3ccc(-c4ccccc4)cc3)c3ccc4c(c3)C(c3ccccc3)(c3ccc(-c5ccccc5)cc3)c3ccccc3-4)cc2)cc1. The Morgan fingerprint density at radius 2 is 0.607 bits per heavy atom. The van der Waals surface area contributed by atoms with E-state index in [1.54, 1.807) is 0 Å². The van der Waals surface area contributed by atoms with E-state index in [-0.39, 0.29) is 0 Å². The summed E-state index contributed by atoms with van der Waals surface area (Å²) in [5.41, 5.74) is 17.6. The van der Waals surface area contributed by atoms with Crippen molar-refractivity contribution in [1.82, 2.24) is 0 Å². The van der Waals surface area contributed by atoms with Crippen molar-refractivity contribution in [2.24, 2.45) is 0 Å². The number of fused-ring (bicyclic) bond motifs is 3. The fraction of sp³-hybridized carbons (Fsp3) is 0.0182. The minimum Gasteiger partial charge on any atom is -0.310 e. The van der Waals surface area contributed by atoms with Crippen molar-refractivity contribution in [3.63, 3.8) is 0 Å². The van der Waals surface area contributed by atoms with Gasteiger partial charge in [0.1, 0.15) is 0 Å². The molecular formula is C55H39N. The third-order valence-electron chi connectivity index (χ3n) is 11.4. The molecule has 1 nitrogen and oxygen atoms in total. The lowest BCUT2D eigenvalue weighted by molar-refractivity contribution is 0.768. The molecule has 0 fully saturated rings. The predicted molar refractivity (Wildman–Crippen MR) is 235 cm³/mol. The largest absolute Gasteiger partial charge is 0.310 e. The van der Waals surface area contributed by atoms with E-state index in [0.717, 1.165) is 17.1 Å². The standard InChI is InChI=1S/C55H39N/c1-5-15-40(16-6-1)43-25-31-47(32-26-43)55(46-21-11-4-12-22-46)53-24-14-13-23-51(53)52-38-37-50(39-54(52)55)56(48-33-27-44(28-34-48)41-17-7-2-8-18-41)49-35-29-45(30-36-49)42-19-9-3-10-20-42/h1-39H. The van der Waals surface area contributed by atoms with Gasteiger partial charge in [0.05, 0.1) is 5.41 Å². The molecule has 9 aromatic rings. The van der Waals surface area contributed by atoms with Crippen LogP contribution in [0.1, 0.15) is 22.3 Å². The van der Waals surface area contributed by atoms with Gasteiger partial charge in [-0.1, -0.05) is 200 Å². The summed E-state index contributed by atoms with van der Waals surface area (Å²) < 4.78 is 0. The maximum Gasteiger partial charge on any atom is 0.0714 e. The van der Waals surface area contributed by atoms with Gasteiger partial charge in [0.15, 0.2) is 0 Å². The minimum atomic E-state index is -0.529. The molecular weight excluding hydrogens is 675 g/mol. The Labute approximate surface area is 329 Å². The molecule has 9 aromatic carbocycles. The highest BCUT2D eigenvalue weighted by Crippen LogP contribution is 2.57. The van der Waals surface area contributed by atoms with Crippen LogP contribution in [0, 0.1) is 0 Å². The van der Waals surface area contributed by atoms with Crippen molar-refractivity contribution in [3.8, 4) is 44.5 Å². The molecule has 0 amide bonds. The smallest absolute Gasteiger partial charge is 0.0714 e. The van der Waals surface area contributed by atoms with Crippen LogP contribution in [-0.4, -0.2) is 0 Å². The van der Waals surface area contributed by atoms with Crippen LogP contribution in [0.5, 0.6) is 0 Å². The van der Waals surface area contributed by atoms with E-state index in [0.29, 0.717) is 0 Å². The molecule has 0 aromatic heterocycles. The second-order valence-corrected chi connectivity index (χ2v) is 14.5. The molecule has 0 heterocycles. The topological polar surface area (TPSA) is 3.24 Å². The number of nitrogens with zero attached hydrogens (tertiary/aromatic N) is 1. The van der Waals surface area contributed by atoms with Crippen molar-refractivity contribution in [2.45, 2.75) is 5.41 Å². The van der Waals surface area contributed by atoms with Crippen LogP contribution in [0.25, 0.3) is 44.5 Å². The maximum absolute atomic E-state index is 2.45. The quantitative estimate of drug-likeness (QED) is 0.152. The Bertz CT molecular complexity index is 2660. The first kappa shape index (κ1) is 33.4. The van der Waals surface area contributed by atoms with Crippen molar-refractivity contribution < 1.29 is 0 Å². The van der Waals surface area contributed by atoms with Crippen LogP contribution in [0.3, 0.4) is 0 Å². The van der Waals surface area contributed by atoms with Gasteiger partial charge in [-0.25, -0.2) is 0 Å². The van der Waals surface area contributed by atoms with Gasteiger partial charge in [-0.3, -0.25) is 0 Å². The van der Waals surface area contributed by atoms with Gasteiger partial charge in [0.2, 0.25) is 0 Å². The van der Waals surface area contributed by atoms with E-state index in [2.05, 4.69) is 241 Å². The van der Waals surface area contributed by atoms with E-state index in [1.165, 1.54) is 66.8 Å². The zero-order valence-corrected chi connectivity index (χ0v) is 31.0. The van der Waals surface area contributed by atoms with Gasteiger partial charge in [0, 0.05) is 17.1 Å². The highest BCUT2D eigenvalue weighted by atomic mass is 15.1. The minimum absolute atomic E-state index is 0.529. The Hall–Kier alpha value is -7.22. The van der Waals surface area contributed by atoms with Crippen molar-refractivity contribution >= 4 is 17.1 Å². The number of benzene rings is 9. The zero-order valence-electron chi connectivity index (χ0n) is 31.0. The van der Waals surface area contributed by atoms with Crippen LogP contribution < -0.4 is 4.90 Å². The molecule has 0 bridgehead atoms. The molecule has 0 aliphatic heterocycles. The monoisotopic (exact) mass is 713 g/mol. The zero-order chi connectivity index (χ0) is 37.3. The molecule has 1 aliphatic carbocycles. The molecule has 264 valence electrons. The molecule has 56 heavy (non-hydrogen) atoms. The average Bonchev–Trinajstić information content (AvgIpc) is 3.58. The van der Waals surface area contributed by atoms with E-state index in [4.69, 9.17) is 0 Å². The molecule has 1 atom stereocenters. The van der Waals surface area contributed by atoms with E-state index < -0.39 is 5.41 Å². The summed E-state index contributed by atoms with van der Waals surface area (Å²) in [6.07, 6.45) is 0. The highest BCUT2D eigenvalue weighted by Gasteiger charge is 2.46. The molecule has 0 radical (unpaired) electrons. The summed E-state index contributed by atoms with van der Waals surface area (Å²) >= 11 is 0. The Kier molecular flexibility index (Phi) is 8.46. The second-order valence-electron chi connectivity index (χ2n) is 14.5. The van der Waals surface area contributed by atoms with E-state index in [1.807, 2.05) is 0 Å². The summed E-state index contributed by atoms with van der Waals surface area (Å²) in [6, 6.07) is 86.2. The van der Waals surface area contributed by atoms with Gasteiger partial charge in [-0.05, 0) is 103 Å². The van der Waals surface area contributed by atoms with Crippen LogP contribution in [0.15, 0.2) is 237 Å². The van der Waals surface area contributed by atoms with Crippen LogP contribution in [0.2, 0.25) is 0 Å². The second kappa shape index (κ2) is 14.2. The summed E-state index contributed by atoms with van der Waals surface area (Å²) in [5, 5.41) is 0. The molecule has 10 rings (SSSR count). The van der Waals surface area contributed by atoms with Gasteiger partial charge in [-0.15, -0.1) is 0 Å². The average molecular weight is 714 g/mol. The normalized spacial score (nSPS) is 14.1. The fourth-order valence-corrected chi connectivity index (χ4v) is 8.74. The lowest BCUT2D eigenvalue weighted by Gasteiger charge is -2.35. The third-order valence-corrected chi connectivity index (χ3v) is 11.4. The first-order valence-electron chi connectivity index (χ1n) is 19.3. The van der Waals surface area contributed by atoms with Crippen molar-refractivity contribution in [1.29, 1.82) is 0 Å². The summed E-state index contributed by atoms with van der Waals surface area (Å²) in [5.74, 6) is 0. The molecule has 1 heteroatoms. The number of rotatable bonds is 8. The van der Waals surface area contributed by atoms with E-state index >= 15 is 0 Å². The van der Waals surface area contributed by atoms with Crippen LogP contribution >= 0.6 is 0 Å². The lowest BCUT2D eigenvalue weighted by Crippen LogP contribution is -2.28. The van der Waals surface area contributed by atoms with Crippen molar-refractivity contribution in [3.05, 3.63) is 259 Å². The molecule has 0 spiro atoms. The Morgan fingerprint density at radius 1 is 0.250 bits per heavy atom. The molecule has 0 N–H and O–H groups in total. The fourth-order valence-electron chi connectivity index (χ4n) is 8.74. The molecule has 1 unspecified atom stereocenters. The maximum atomic E-state index is 2.45. The Morgan fingerprint density at radius 3 is 1.11 bits per heavy atom. The Balaban J connectivity index is 1.17. The van der Waals surface area contributed by atoms with Gasteiger partial charge in [0.25, 0.3) is 0 Å². The number of hydrogen-bond donors (Lipinski definition) is 0. The molecule has 1 aliphatic rings. The van der Waals surface area contributed by atoms with Crippen LogP contribution in [0.4, 0.5) is 17.1 Å². The van der Waals surface area contributed by atoms with Gasteiger partial charge in [-0.2, -0.15) is 0 Å². The summed E-state index contributed by atoms with van der Waals surface area (Å²) in [6.45, 7) is 0. The third kappa shape index (κ3) is 5.73. The summed E-state index contributed by atoms with van der Waals surface area (Å²) in [7, 11) is 0. The molecule has 0 saturated heterocycles. The van der Waals surface area contributed by atoms with Crippen LogP contribution in [-0.2, 0) is 5.41 Å². The first-order chi connectivity index (χ1) is 27.8. The van der Waals surface area contributed by atoms with Gasteiger partial charge < -0.3 is 4.90 Å². The highest BCUT2D eigenvalue weighted by molar-refractivity contribution is 5.90.